The van der Waals surface area contributed by atoms with E-state index in [1.165, 1.54) is 10.4 Å². The third kappa shape index (κ3) is 4.51. The second kappa shape index (κ2) is 8.02. The summed E-state index contributed by atoms with van der Waals surface area (Å²) in [6.07, 6.45) is 1.68. The molecule has 8 heteroatoms. The number of amides is 1. The lowest BCUT2D eigenvalue weighted by Gasteiger charge is -2.16. The lowest BCUT2D eigenvalue weighted by atomic mass is 10.1. The van der Waals surface area contributed by atoms with E-state index in [2.05, 4.69) is 5.32 Å². The highest BCUT2D eigenvalue weighted by molar-refractivity contribution is 7.92. The molecule has 7 nitrogen and oxygen atoms in total. The van der Waals surface area contributed by atoms with Crippen molar-refractivity contribution in [1.82, 2.24) is 5.32 Å². The van der Waals surface area contributed by atoms with Crippen molar-refractivity contribution in [3.05, 3.63) is 65.2 Å². The van der Waals surface area contributed by atoms with Crippen LogP contribution >= 0.6 is 0 Å². The molecule has 1 N–H and O–H groups in total. The molecular formula is C20H22N2O5S. The first-order valence-corrected chi connectivity index (χ1v) is 10.7. The number of hydrogen-bond donors (Lipinski definition) is 1. The molecular weight excluding hydrogens is 380 g/mol. The molecule has 1 atom stereocenters. The van der Waals surface area contributed by atoms with Crippen LogP contribution in [0.4, 0.5) is 5.69 Å². The van der Waals surface area contributed by atoms with Crippen LogP contribution in [-0.4, -0.2) is 39.7 Å². The van der Waals surface area contributed by atoms with E-state index in [0.29, 0.717) is 18.7 Å². The number of nitrogens with zero attached hydrogens (tertiary/aromatic N) is 1. The van der Waals surface area contributed by atoms with E-state index < -0.39 is 21.9 Å². The fraction of sp³-hybridized carbons (Fsp3) is 0.300. The van der Waals surface area contributed by atoms with Crippen LogP contribution in [0.2, 0.25) is 0 Å². The second-order valence-electron chi connectivity index (χ2n) is 6.70. The van der Waals surface area contributed by atoms with Gasteiger partial charge in [-0.3, -0.25) is 9.10 Å². The minimum atomic E-state index is -3.34. The summed E-state index contributed by atoms with van der Waals surface area (Å²) in [4.78, 5) is 24.3. The van der Waals surface area contributed by atoms with Crippen LogP contribution in [0, 0.1) is 0 Å². The number of anilines is 1. The molecule has 0 spiro atoms. The first kappa shape index (κ1) is 19.9. The third-order valence-corrected chi connectivity index (χ3v) is 5.76. The number of hydrogen-bond acceptors (Lipinski definition) is 5. The molecule has 3 rings (SSSR count). The molecule has 0 aromatic heterocycles. The summed E-state index contributed by atoms with van der Waals surface area (Å²) in [5.41, 5.74) is 2.59. The van der Waals surface area contributed by atoms with Gasteiger partial charge < -0.3 is 10.1 Å². The van der Waals surface area contributed by atoms with E-state index in [1.807, 2.05) is 37.3 Å². The fourth-order valence-electron chi connectivity index (χ4n) is 3.17. The molecule has 0 fully saturated rings. The van der Waals surface area contributed by atoms with Gasteiger partial charge in [-0.2, -0.15) is 0 Å². The van der Waals surface area contributed by atoms with E-state index in [4.69, 9.17) is 4.74 Å². The average molecular weight is 402 g/mol. The summed E-state index contributed by atoms with van der Waals surface area (Å²) < 4.78 is 30.0. The maximum atomic E-state index is 12.2. The second-order valence-corrected chi connectivity index (χ2v) is 8.61. The predicted octanol–water partition coefficient (Wildman–Crippen LogP) is 2.04. The van der Waals surface area contributed by atoms with E-state index in [-0.39, 0.29) is 18.2 Å². The summed E-state index contributed by atoms with van der Waals surface area (Å²) >= 11 is 0. The van der Waals surface area contributed by atoms with Crippen LogP contribution in [0.5, 0.6) is 0 Å². The number of esters is 1. The highest BCUT2D eigenvalue weighted by Crippen LogP contribution is 2.30. The monoisotopic (exact) mass is 402 g/mol. The molecule has 0 aliphatic carbocycles. The number of sulfonamides is 1. The van der Waals surface area contributed by atoms with Gasteiger partial charge in [-0.1, -0.05) is 30.3 Å². The van der Waals surface area contributed by atoms with Gasteiger partial charge in [0.2, 0.25) is 10.0 Å². The molecule has 1 aliphatic heterocycles. The molecule has 1 heterocycles. The third-order valence-electron chi connectivity index (χ3n) is 4.58. The van der Waals surface area contributed by atoms with Gasteiger partial charge in [0.15, 0.2) is 6.61 Å². The minimum absolute atomic E-state index is 0.200. The average Bonchev–Trinajstić information content (AvgIpc) is 3.10. The number of fused-ring (bicyclic) bond motifs is 1. The van der Waals surface area contributed by atoms with Crippen molar-refractivity contribution in [2.24, 2.45) is 0 Å². The maximum absolute atomic E-state index is 12.2. The summed E-state index contributed by atoms with van der Waals surface area (Å²) in [6, 6.07) is 14.0. The van der Waals surface area contributed by atoms with Gasteiger partial charge in [0.25, 0.3) is 5.91 Å². The van der Waals surface area contributed by atoms with E-state index >= 15 is 0 Å². The Morgan fingerprint density at radius 3 is 2.57 bits per heavy atom. The predicted molar refractivity (Wildman–Crippen MR) is 106 cm³/mol. The highest BCUT2D eigenvalue weighted by atomic mass is 32.2. The molecule has 28 heavy (non-hydrogen) atoms. The lowest BCUT2D eigenvalue weighted by Crippen LogP contribution is -2.31. The van der Waals surface area contributed by atoms with Gasteiger partial charge >= 0.3 is 5.97 Å². The van der Waals surface area contributed by atoms with Crippen LogP contribution in [-0.2, 0) is 26.0 Å². The number of carbonyl (C=O) groups excluding carboxylic acids is 2. The van der Waals surface area contributed by atoms with E-state index in [0.717, 1.165) is 17.4 Å². The Morgan fingerprint density at radius 2 is 1.89 bits per heavy atom. The molecule has 0 bridgehead atoms. The van der Waals surface area contributed by atoms with Crippen LogP contribution in [0.1, 0.15) is 34.5 Å². The van der Waals surface area contributed by atoms with Crippen LogP contribution in [0.3, 0.4) is 0 Å². The Bertz CT molecular complexity index is 989. The van der Waals surface area contributed by atoms with Gasteiger partial charge in [-0.25, -0.2) is 13.2 Å². The highest BCUT2D eigenvalue weighted by Gasteiger charge is 2.27. The largest absolute Gasteiger partial charge is 0.452 e. The Morgan fingerprint density at radius 1 is 1.18 bits per heavy atom. The summed E-state index contributed by atoms with van der Waals surface area (Å²) in [7, 11) is -3.34. The standard InChI is InChI=1S/C20H22N2O5S/c1-14(15-6-4-3-5-7-15)21-19(23)13-27-20(24)17-8-9-18-16(12-17)10-11-22(18)28(2,25)26/h3-9,12,14H,10-11,13H2,1-2H3,(H,21,23)/t14-/m1/s1. The van der Waals surface area contributed by atoms with Crippen LogP contribution in [0.15, 0.2) is 48.5 Å². The number of benzene rings is 2. The zero-order valence-corrected chi connectivity index (χ0v) is 16.5. The van der Waals surface area contributed by atoms with Gasteiger partial charge in [0.05, 0.1) is 23.5 Å². The number of carbonyl (C=O) groups is 2. The minimum Gasteiger partial charge on any atom is -0.452 e. The fourth-order valence-corrected chi connectivity index (χ4v) is 4.12. The molecule has 2 aromatic rings. The zero-order valence-electron chi connectivity index (χ0n) is 15.7. The molecule has 0 radical (unpaired) electrons. The van der Waals surface area contributed by atoms with Crippen molar-refractivity contribution in [3.8, 4) is 0 Å². The first-order chi connectivity index (χ1) is 13.3. The Labute approximate surface area is 164 Å². The number of rotatable bonds is 6. The first-order valence-electron chi connectivity index (χ1n) is 8.88. The quantitative estimate of drug-likeness (QED) is 0.747. The van der Waals surface area contributed by atoms with E-state index in [1.54, 1.807) is 12.1 Å². The van der Waals surface area contributed by atoms with Crippen molar-refractivity contribution < 1.29 is 22.7 Å². The maximum Gasteiger partial charge on any atom is 0.338 e. The van der Waals surface area contributed by atoms with Gasteiger partial charge in [0.1, 0.15) is 0 Å². The molecule has 1 amide bonds. The van der Waals surface area contributed by atoms with Crippen molar-refractivity contribution in [3.63, 3.8) is 0 Å². The van der Waals surface area contributed by atoms with Crippen molar-refractivity contribution in [2.75, 3.05) is 23.7 Å². The summed E-state index contributed by atoms with van der Waals surface area (Å²) in [5, 5.41) is 2.78. The normalized spacial score (nSPS) is 14.3. The van der Waals surface area contributed by atoms with Crippen molar-refractivity contribution in [2.45, 2.75) is 19.4 Å². The summed E-state index contributed by atoms with van der Waals surface area (Å²) in [5.74, 6) is -1.02. The van der Waals surface area contributed by atoms with Crippen molar-refractivity contribution >= 4 is 27.6 Å². The topological polar surface area (TPSA) is 92.8 Å². The number of nitrogens with one attached hydrogen (secondary N) is 1. The molecule has 148 valence electrons. The lowest BCUT2D eigenvalue weighted by molar-refractivity contribution is -0.124. The zero-order chi connectivity index (χ0) is 20.3. The molecule has 0 unspecified atom stereocenters. The number of ether oxygens (including phenoxy) is 1. The Hall–Kier alpha value is -2.87. The SMILES string of the molecule is C[C@@H](NC(=O)COC(=O)c1ccc2c(c1)CCN2S(C)(=O)=O)c1ccccc1. The van der Waals surface area contributed by atoms with Gasteiger partial charge in [0, 0.05) is 6.54 Å². The molecule has 1 aliphatic rings. The van der Waals surface area contributed by atoms with Gasteiger partial charge in [-0.05, 0) is 42.7 Å². The smallest absolute Gasteiger partial charge is 0.338 e. The van der Waals surface area contributed by atoms with Crippen LogP contribution in [0.25, 0.3) is 0 Å². The van der Waals surface area contributed by atoms with Crippen molar-refractivity contribution in [1.29, 1.82) is 0 Å². The Kier molecular flexibility index (Phi) is 5.69. The van der Waals surface area contributed by atoms with Crippen LogP contribution < -0.4 is 9.62 Å². The molecule has 0 saturated heterocycles. The Balaban J connectivity index is 1.58. The van der Waals surface area contributed by atoms with E-state index in [9.17, 15) is 18.0 Å². The molecule has 0 saturated carbocycles. The molecule has 2 aromatic carbocycles. The summed E-state index contributed by atoms with van der Waals surface area (Å²) in [6.45, 7) is 1.82. The van der Waals surface area contributed by atoms with Gasteiger partial charge in [-0.15, -0.1) is 0 Å².